The Hall–Kier alpha value is -3.80. The Morgan fingerprint density at radius 1 is 1.00 bits per heavy atom. The van der Waals surface area contributed by atoms with E-state index in [1.807, 2.05) is 30.3 Å². The first kappa shape index (κ1) is 19.9. The maximum Gasteiger partial charge on any atom is 0.267 e. The van der Waals surface area contributed by atoms with Crippen molar-refractivity contribution in [2.45, 2.75) is 6.42 Å². The lowest BCUT2D eigenvalue weighted by molar-refractivity contribution is -0.117. The average molecular weight is 390 g/mol. The number of furan rings is 1. The zero-order valence-corrected chi connectivity index (χ0v) is 16.1. The van der Waals surface area contributed by atoms with Crippen molar-refractivity contribution in [2.75, 3.05) is 13.7 Å². The monoisotopic (exact) mass is 390 g/mol. The number of hydrogen-bond acceptors (Lipinski definition) is 4. The van der Waals surface area contributed by atoms with E-state index < -0.39 is 5.91 Å². The quantitative estimate of drug-likeness (QED) is 0.578. The molecule has 0 spiro atoms. The fourth-order valence-electron chi connectivity index (χ4n) is 2.67. The highest BCUT2D eigenvalue weighted by Crippen LogP contribution is 2.12. The van der Waals surface area contributed by atoms with E-state index in [9.17, 15) is 9.59 Å². The van der Waals surface area contributed by atoms with Crippen molar-refractivity contribution >= 4 is 17.9 Å². The van der Waals surface area contributed by atoms with Crippen LogP contribution in [0.5, 0.6) is 5.75 Å². The molecule has 148 valence electrons. The first-order valence-corrected chi connectivity index (χ1v) is 9.18. The van der Waals surface area contributed by atoms with E-state index in [0.717, 1.165) is 5.56 Å². The minimum atomic E-state index is -0.399. The van der Waals surface area contributed by atoms with Gasteiger partial charge in [-0.15, -0.1) is 0 Å². The Balaban J connectivity index is 1.68. The van der Waals surface area contributed by atoms with Crippen LogP contribution in [0.2, 0.25) is 0 Å². The van der Waals surface area contributed by atoms with Gasteiger partial charge in [-0.2, -0.15) is 0 Å². The predicted molar refractivity (Wildman–Crippen MR) is 110 cm³/mol. The van der Waals surface area contributed by atoms with E-state index in [0.29, 0.717) is 30.0 Å². The van der Waals surface area contributed by atoms with E-state index in [-0.39, 0.29) is 11.6 Å². The number of methoxy groups -OCH3 is 1. The Labute approximate surface area is 169 Å². The molecule has 0 saturated heterocycles. The lowest BCUT2D eigenvalue weighted by Crippen LogP contribution is -2.35. The molecule has 0 aliphatic rings. The van der Waals surface area contributed by atoms with Crippen LogP contribution < -0.4 is 15.4 Å². The summed E-state index contributed by atoms with van der Waals surface area (Å²) in [4.78, 5) is 25.3. The smallest absolute Gasteiger partial charge is 0.267 e. The summed E-state index contributed by atoms with van der Waals surface area (Å²) in [5.41, 5.74) is 1.63. The fourth-order valence-corrected chi connectivity index (χ4v) is 2.67. The molecule has 0 saturated carbocycles. The zero-order chi connectivity index (χ0) is 20.5. The van der Waals surface area contributed by atoms with Gasteiger partial charge in [0.1, 0.15) is 17.2 Å². The maximum atomic E-state index is 12.7. The number of carbonyl (C=O) groups excluding carboxylic acids is 2. The second-order valence-corrected chi connectivity index (χ2v) is 6.25. The third kappa shape index (κ3) is 5.84. The molecule has 3 rings (SSSR count). The number of carbonyl (C=O) groups is 2. The molecule has 0 unspecified atom stereocenters. The molecule has 6 heteroatoms. The minimum Gasteiger partial charge on any atom is -0.497 e. The van der Waals surface area contributed by atoms with Crippen LogP contribution in [0.1, 0.15) is 21.7 Å². The van der Waals surface area contributed by atoms with Gasteiger partial charge in [0.05, 0.1) is 13.4 Å². The van der Waals surface area contributed by atoms with Crippen molar-refractivity contribution in [3.05, 3.63) is 95.6 Å². The summed E-state index contributed by atoms with van der Waals surface area (Å²) in [6.07, 6.45) is 3.69. The number of rotatable bonds is 8. The van der Waals surface area contributed by atoms with Crippen LogP contribution >= 0.6 is 0 Å². The topological polar surface area (TPSA) is 80.6 Å². The average Bonchev–Trinajstić information content (AvgIpc) is 3.27. The molecule has 1 aromatic heterocycles. The van der Waals surface area contributed by atoms with Crippen LogP contribution in [0, 0.1) is 0 Å². The minimum absolute atomic E-state index is 0.105. The van der Waals surface area contributed by atoms with E-state index in [2.05, 4.69) is 10.6 Å². The van der Waals surface area contributed by atoms with E-state index >= 15 is 0 Å². The van der Waals surface area contributed by atoms with E-state index in [1.165, 1.54) is 12.3 Å². The van der Waals surface area contributed by atoms with Gasteiger partial charge in [0, 0.05) is 18.2 Å². The van der Waals surface area contributed by atoms with Gasteiger partial charge in [-0.25, -0.2) is 0 Å². The second-order valence-electron chi connectivity index (χ2n) is 6.25. The van der Waals surface area contributed by atoms with Crippen LogP contribution in [0.4, 0.5) is 0 Å². The molecule has 3 aromatic rings. The van der Waals surface area contributed by atoms with Crippen molar-refractivity contribution < 1.29 is 18.7 Å². The number of amides is 2. The largest absolute Gasteiger partial charge is 0.497 e. The van der Waals surface area contributed by atoms with Crippen molar-refractivity contribution in [2.24, 2.45) is 0 Å². The van der Waals surface area contributed by atoms with Crippen LogP contribution in [0.15, 0.2) is 83.1 Å². The van der Waals surface area contributed by atoms with Crippen LogP contribution in [-0.4, -0.2) is 25.5 Å². The molecule has 6 nitrogen and oxygen atoms in total. The van der Waals surface area contributed by atoms with Crippen LogP contribution in [-0.2, 0) is 11.2 Å². The normalized spacial score (nSPS) is 11.0. The van der Waals surface area contributed by atoms with Gasteiger partial charge in [0.15, 0.2) is 0 Å². The van der Waals surface area contributed by atoms with E-state index in [1.54, 1.807) is 43.5 Å². The van der Waals surface area contributed by atoms with Gasteiger partial charge >= 0.3 is 0 Å². The highest BCUT2D eigenvalue weighted by molar-refractivity contribution is 6.05. The van der Waals surface area contributed by atoms with Gasteiger partial charge in [0.25, 0.3) is 11.8 Å². The number of benzene rings is 2. The van der Waals surface area contributed by atoms with Gasteiger partial charge < -0.3 is 19.8 Å². The predicted octanol–water partition coefficient (Wildman–Crippen LogP) is 3.42. The fraction of sp³-hybridized carbons (Fsp3) is 0.130. The van der Waals surface area contributed by atoms with Crippen molar-refractivity contribution in [1.82, 2.24) is 10.6 Å². The lowest BCUT2D eigenvalue weighted by Gasteiger charge is -2.11. The Morgan fingerprint density at radius 2 is 1.76 bits per heavy atom. The summed E-state index contributed by atoms with van der Waals surface area (Å²) >= 11 is 0. The van der Waals surface area contributed by atoms with Gasteiger partial charge in [0.2, 0.25) is 0 Å². The molecule has 0 radical (unpaired) electrons. The summed E-state index contributed by atoms with van der Waals surface area (Å²) in [6.45, 7) is 0.441. The molecule has 0 bridgehead atoms. The third-order valence-corrected chi connectivity index (χ3v) is 4.22. The van der Waals surface area contributed by atoms with Gasteiger partial charge in [-0.05, 0) is 48.4 Å². The maximum absolute atomic E-state index is 12.7. The Kier molecular flexibility index (Phi) is 6.84. The van der Waals surface area contributed by atoms with Crippen LogP contribution in [0.25, 0.3) is 6.08 Å². The third-order valence-electron chi connectivity index (χ3n) is 4.22. The van der Waals surface area contributed by atoms with Crippen molar-refractivity contribution in [3.63, 3.8) is 0 Å². The molecule has 0 fully saturated rings. The molecule has 2 amide bonds. The highest BCUT2D eigenvalue weighted by Gasteiger charge is 2.15. The summed E-state index contributed by atoms with van der Waals surface area (Å²) in [7, 11) is 1.55. The SMILES string of the molecule is COc1ccc(C(=O)NC(=Cc2ccco2)C(=O)NCCc2ccccc2)cc1. The summed E-state index contributed by atoms with van der Waals surface area (Å²) in [6, 6.07) is 19.9. The molecule has 29 heavy (non-hydrogen) atoms. The van der Waals surface area contributed by atoms with E-state index in [4.69, 9.17) is 9.15 Å². The Bertz CT molecular complexity index is 962. The number of hydrogen-bond donors (Lipinski definition) is 2. The lowest BCUT2D eigenvalue weighted by atomic mass is 10.1. The standard InChI is InChI=1S/C23H22N2O4/c1-28-19-11-9-18(10-12-19)22(26)25-21(16-20-8-5-15-29-20)23(27)24-14-13-17-6-3-2-4-7-17/h2-12,15-16H,13-14H2,1H3,(H,24,27)(H,25,26). The molecule has 2 aromatic carbocycles. The molecule has 0 atom stereocenters. The molecular formula is C23H22N2O4. The summed E-state index contributed by atoms with van der Waals surface area (Å²) in [5.74, 6) is 0.322. The first-order chi connectivity index (χ1) is 14.2. The van der Waals surface area contributed by atoms with Gasteiger partial charge in [-0.1, -0.05) is 30.3 Å². The van der Waals surface area contributed by atoms with Crippen molar-refractivity contribution in [3.8, 4) is 5.75 Å². The number of nitrogens with one attached hydrogen (secondary N) is 2. The Morgan fingerprint density at radius 3 is 2.41 bits per heavy atom. The molecule has 2 N–H and O–H groups in total. The second kappa shape index (κ2) is 9.94. The molecule has 1 heterocycles. The first-order valence-electron chi connectivity index (χ1n) is 9.18. The highest BCUT2D eigenvalue weighted by atomic mass is 16.5. The molecule has 0 aliphatic carbocycles. The molecular weight excluding hydrogens is 368 g/mol. The summed E-state index contributed by atoms with van der Waals surface area (Å²) in [5, 5.41) is 5.50. The number of ether oxygens (including phenoxy) is 1. The molecule has 0 aliphatic heterocycles. The zero-order valence-electron chi connectivity index (χ0n) is 16.1. The summed E-state index contributed by atoms with van der Waals surface area (Å²) < 4.78 is 10.4. The van der Waals surface area contributed by atoms with Gasteiger partial charge in [-0.3, -0.25) is 9.59 Å². The van der Waals surface area contributed by atoms with Crippen molar-refractivity contribution in [1.29, 1.82) is 0 Å². The van der Waals surface area contributed by atoms with Crippen LogP contribution in [0.3, 0.4) is 0 Å².